The van der Waals surface area contributed by atoms with Crippen LogP contribution in [0, 0.1) is 11.3 Å². The zero-order chi connectivity index (χ0) is 24.3. The van der Waals surface area contributed by atoms with Crippen LogP contribution in [0.5, 0.6) is 0 Å². The van der Waals surface area contributed by atoms with Crippen LogP contribution in [0.1, 0.15) is 35.0 Å². The molecule has 0 atom stereocenters. The van der Waals surface area contributed by atoms with Crippen LogP contribution in [0.25, 0.3) is 0 Å². The van der Waals surface area contributed by atoms with Gasteiger partial charge in [0, 0.05) is 17.9 Å². The first kappa shape index (κ1) is 23.0. The van der Waals surface area contributed by atoms with Gasteiger partial charge in [-0.2, -0.15) is 28.4 Å². The molecule has 1 N–H and O–H groups in total. The van der Waals surface area contributed by atoms with Crippen LogP contribution in [0.3, 0.4) is 0 Å². The van der Waals surface area contributed by atoms with Crippen LogP contribution >= 0.6 is 0 Å². The lowest BCUT2D eigenvalue weighted by atomic mass is 9.98. The third kappa shape index (κ3) is 4.78. The molecule has 12 heteroatoms. The monoisotopic (exact) mass is 472 g/mol. The Morgan fingerprint density at radius 2 is 2.24 bits per heavy atom. The maximum absolute atomic E-state index is 13.4. The minimum Gasteiger partial charge on any atom is -0.460 e. The molecule has 4 rings (SSSR count). The molecule has 0 fully saturated rings. The number of halogens is 3. The van der Waals surface area contributed by atoms with Crippen molar-refractivity contribution in [3.63, 3.8) is 0 Å². The first-order valence-corrected chi connectivity index (χ1v) is 10.3. The smallest absolute Gasteiger partial charge is 0.417 e. The van der Waals surface area contributed by atoms with Crippen molar-refractivity contribution in [3.8, 4) is 6.07 Å². The summed E-state index contributed by atoms with van der Waals surface area (Å²) in [5.74, 6) is -0.711. The van der Waals surface area contributed by atoms with Crippen molar-refractivity contribution in [2.75, 3.05) is 31.1 Å². The summed E-state index contributed by atoms with van der Waals surface area (Å²) in [7, 11) is 0. The highest BCUT2D eigenvalue weighted by molar-refractivity contribution is 6.05. The standard InChI is InChI=1S/C22H19F3N6O3/c1-2-33-20(32)19-10-28-21(34-19)30-17-9-27-12-29-18-11-31(6-5-15(17)18)14-4-3-13(8-26)16(7-14)22(23,24)25/h3-4,7,10,12H,2,5-6,9,11H2,1H3,(H,27,29). The van der Waals surface area contributed by atoms with Crippen LogP contribution in [-0.2, 0) is 10.9 Å². The van der Waals surface area contributed by atoms with Crippen molar-refractivity contribution in [1.29, 1.82) is 5.26 Å². The molecule has 176 valence electrons. The average Bonchev–Trinajstić information content (AvgIpc) is 3.19. The summed E-state index contributed by atoms with van der Waals surface area (Å²) < 4.78 is 50.4. The molecule has 34 heavy (non-hydrogen) atoms. The normalized spacial score (nSPS) is 17.1. The summed E-state index contributed by atoms with van der Waals surface area (Å²) in [6.07, 6.45) is -1.43. The topological polar surface area (TPSA) is 116 Å². The van der Waals surface area contributed by atoms with E-state index in [1.807, 2.05) is 0 Å². The number of carbonyl (C=O) groups excluding carboxylic acids is 1. The molecule has 2 aliphatic heterocycles. The van der Waals surface area contributed by atoms with Crippen molar-refractivity contribution in [3.05, 3.63) is 52.6 Å². The fourth-order valence-corrected chi connectivity index (χ4v) is 3.68. The number of ether oxygens (including phenoxy) is 1. The molecule has 3 heterocycles. The Balaban J connectivity index is 1.61. The Bertz CT molecular complexity index is 1240. The maximum atomic E-state index is 13.4. The summed E-state index contributed by atoms with van der Waals surface area (Å²) in [4.78, 5) is 26.2. The van der Waals surface area contributed by atoms with Gasteiger partial charge >= 0.3 is 18.2 Å². The minimum absolute atomic E-state index is 0.0219. The highest BCUT2D eigenvalue weighted by Crippen LogP contribution is 2.35. The molecular formula is C22H19F3N6O3. The Labute approximate surface area is 192 Å². The molecule has 0 bridgehead atoms. The van der Waals surface area contributed by atoms with Crippen LogP contribution in [0.2, 0.25) is 0 Å². The van der Waals surface area contributed by atoms with Gasteiger partial charge in [-0.25, -0.2) is 4.79 Å². The van der Waals surface area contributed by atoms with Gasteiger partial charge < -0.3 is 19.4 Å². The van der Waals surface area contributed by atoms with Gasteiger partial charge in [-0.15, -0.1) is 0 Å². The van der Waals surface area contributed by atoms with E-state index in [4.69, 9.17) is 14.4 Å². The molecule has 2 aliphatic rings. The zero-order valence-corrected chi connectivity index (χ0v) is 18.0. The molecular weight excluding hydrogens is 453 g/mol. The van der Waals surface area contributed by atoms with Crippen LogP contribution in [0.15, 0.2) is 50.1 Å². The van der Waals surface area contributed by atoms with E-state index in [1.54, 1.807) is 17.9 Å². The third-order valence-corrected chi connectivity index (χ3v) is 5.26. The number of hydrogen-bond acceptors (Lipinski definition) is 9. The first-order valence-electron chi connectivity index (χ1n) is 10.3. The van der Waals surface area contributed by atoms with Gasteiger partial charge in [0.05, 0.1) is 55.1 Å². The van der Waals surface area contributed by atoms with Gasteiger partial charge in [-0.1, -0.05) is 0 Å². The molecule has 0 saturated carbocycles. The highest BCUT2D eigenvalue weighted by atomic mass is 19.4. The molecule has 9 nitrogen and oxygen atoms in total. The lowest BCUT2D eigenvalue weighted by molar-refractivity contribution is -0.137. The predicted molar refractivity (Wildman–Crippen MR) is 116 cm³/mol. The highest BCUT2D eigenvalue weighted by Gasteiger charge is 2.34. The van der Waals surface area contributed by atoms with Gasteiger partial charge in [-0.3, -0.25) is 4.99 Å². The Hall–Kier alpha value is -4.14. The van der Waals surface area contributed by atoms with E-state index in [2.05, 4.69) is 20.3 Å². The number of hydrogen-bond donors (Lipinski definition) is 1. The third-order valence-electron chi connectivity index (χ3n) is 5.26. The number of nitriles is 1. The number of esters is 1. The fraction of sp³-hybridized carbons (Fsp3) is 0.318. The molecule has 0 radical (unpaired) electrons. The van der Waals surface area contributed by atoms with Gasteiger partial charge in [0.15, 0.2) is 0 Å². The van der Waals surface area contributed by atoms with Gasteiger partial charge in [0.2, 0.25) is 5.76 Å². The molecule has 1 aromatic carbocycles. The quantitative estimate of drug-likeness (QED) is 0.676. The number of anilines is 1. The number of nitrogens with one attached hydrogen (secondary N) is 1. The number of oxazole rings is 1. The summed E-state index contributed by atoms with van der Waals surface area (Å²) in [5.41, 5.74) is 1.10. The number of carbonyl (C=O) groups is 1. The molecule has 0 unspecified atom stereocenters. The Kier molecular flexibility index (Phi) is 6.36. The van der Waals surface area contributed by atoms with E-state index in [0.29, 0.717) is 24.4 Å². The largest absolute Gasteiger partial charge is 0.460 e. The fourth-order valence-electron chi connectivity index (χ4n) is 3.68. The second-order valence-electron chi connectivity index (χ2n) is 7.37. The summed E-state index contributed by atoms with van der Waals surface area (Å²) in [6, 6.07) is 5.25. The van der Waals surface area contributed by atoms with Crippen molar-refractivity contribution in [2.45, 2.75) is 19.5 Å². The van der Waals surface area contributed by atoms with E-state index < -0.39 is 23.3 Å². The van der Waals surface area contributed by atoms with Crippen molar-refractivity contribution < 1.29 is 27.1 Å². The summed E-state index contributed by atoms with van der Waals surface area (Å²) >= 11 is 0. The van der Waals surface area contributed by atoms with E-state index in [0.717, 1.165) is 17.3 Å². The second-order valence-corrected chi connectivity index (χ2v) is 7.37. The number of aromatic nitrogens is 1. The molecule has 0 aliphatic carbocycles. The Morgan fingerprint density at radius 1 is 1.41 bits per heavy atom. The van der Waals surface area contributed by atoms with E-state index in [9.17, 15) is 18.0 Å². The van der Waals surface area contributed by atoms with E-state index >= 15 is 0 Å². The van der Waals surface area contributed by atoms with E-state index in [1.165, 1.54) is 24.7 Å². The second kappa shape index (κ2) is 9.38. The van der Waals surface area contributed by atoms with Crippen molar-refractivity contribution >= 4 is 29.7 Å². The summed E-state index contributed by atoms with van der Waals surface area (Å²) in [5, 5.41) is 12.1. The molecule has 0 spiro atoms. The number of alkyl halides is 3. The van der Waals surface area contributed by atoms with Gasteiger partial charge in [0.25, 0.3) is 0 Å². The molecule has 2 aromatic rings. The van der Waals surface area contributed by atoms with Crippen LogP contribution in [-0.4, -0.2) is 49.2 Å². The van der Waals surface area contributed by atoms with Crippen molar-refractivity contribution in [2.24, 2.45) is 9.98 Å². The molecule has 0 saturated heterocycles. The zero-order valence-electron chi connectivity index (χ0n) is 18.0. The molecule has 0 amide bonds. The van der Waals surface area contributed by atoms with Gasteiger partial charge in [-0.05, 0) is 37.1 Å². The SMILES string of the molecule is CCOC(=O)c1cnc(N=C2CN=CNC3=C2CCN(c2ccc(C#N)c(C(F)(F)F)c2)C3)o1. The average molecular weight is 472 g/mol. The number of rotatable bonds is 4. The van der Waals surface area contributed by atoms with Gasteiger partial charge in [0.1, 0.15) is 0 Å². The number of benzene rings is 1. The number of nitrogens with zero attached hydrogens (tertiary/aromatic N) is 5. The van der Waals surface area contributed by atoms with Crippen molar-refractivity contribution in [1.82, 2.24) is 10.3 Å². The van der Waals surface area contributed by atoms with E-state index in [-0.39, 0.29) is 31.5 Å². The molecule has 1 aromatic heterocycles. The van der Waals surface area contributed by atoms with Crippen LogP contribution < -0.4 is 10.2 Å². The number of aliphatic imine (C=N–C) groups is 2. The lowest BCUT2D eigenvalue weighted by Crippen LogP contribution is -2.37. The van der Waals surface area contributed by atoms with Crippen LogP contribution in [0.4, 0.5) is 24.9 Å². The minimum atomic E-state index is -4.63. The maximum Gasteiger partial charge on any atom is 0.417 e. The predicted octanol–water partition coefficient (Wildman–Crippen LogP) is 3.61. The lowest BCUT2D eigenvalue weighted by Gasteiger charge is -2.32. The Morgan fingerprint density at radius 3 is 2.97 bits per heavy atom. The first-order chi connectivity index (χ1) is 16.3. The summed E-state index contributed by atoms with van der Waals surface area (Å²) in [6.45, 7) is 2.80.